The molecule has 0 aromatic rings. The number of carbonyl (C=O) groups is 2. The van der Waals surface area contributed by atoms with E-state index in [2.05, 4.69) is 10.6 Å². The van der Waals surface area contributed by atoms with E-state index < -0.39 is 11.8 Å². The van der Waals surface area contributed by atoms with Crippen molar-refractivity contribution < 1.29 is 9.59 Å². The fraction of sp³-hybridized carbons (Fsp3) is 0.700. The molecular formula is C10H15N3O2. The summed E-state index contributed by atoms with van der Waals surface area (Å²) in [5, 5.41) is 12.9. The second-order valence-corrected chi connectivity index (χ2v) is 3.68. The molecule has 0 atom stereocenters. The Balaban J connectivity index is 2.01. The fourth-order valence-electron chi connectivity index (χ4n) is 1.28. The van der Waals surface area contributed by atoms with Gasteiger partial charge in [0.05, 0.1) is 6.07 Å². The number of amides is 2. The van der Waals surface area contributed by atoms with Crippen LogP contribution < -0.4 is 10.6 Å². The fourth-order valence-corrected chi connectivity index (χ4v) is 1.28. The van der Waals surface area contributed by atoms with Crippen LogP contribution in [0.4, 0.5) is 0 Å². The molecule has 2 N–H and O–H groups in total. The minimum Gasteiger partial charge on any atom is -0.348 e. The van der Waals surface area contributed by atoms with E-state index in [0.717, 1.165) is 18.8 Å². The van der Waals surface area contributed by atoms with Crippen molar-refractivity contribution in [3.05, 3.63) is 0 Å². The van der Waals surface area contributed by atoms with Crippen molar-refractivity contribution in [2.75, 3.05) is 13.1 Å². The first kappa shape index (κ1) is 11.5. The van der Waals surface area contributed by atoms with Gasteiger partial charge in [0, 0.05) is 6.54 Å². The number of nitrogens with one attached hydrogen (secondary N) is 2. The van der Waals surface area contributed by atoms with E-state index in [0.29, 0.717) is 6.54 Å². The van der Waals surface area contributed by atoms with Gasteiger partial charge in [-0.3, -0.25) is 9.59 Å². The Hall–Kier alpha value is -1.57. The summed E-state index contributed by atoms with van der Waals surface area (Å²) in [6, 6.07) is 1.73. The van der Waals surface area contributed by atoms with Gasteiger partial charge in [0.2, 0.25) is 0 Å². The van der Waals surface area contributed by atoms with E-state index in [-0.39, 0.29) is 6.54 Å². The number of nitriles is 1. The molecule has 0 aliphatic heterocycles. The minimum atomic E-state index is -0.733. The van der Waals surface area contributed by atoms with Crippen LogP contribution in [0.3, 0.4) is 0 Å². The zero-order chi connectivity index (χ0) is 11.1. The van der Waals surface area contributed by atoms with Crippen LogP contribution in [-0.4, -0.2) is 24.9 Å². The quantitative estimate of drug-likeness (QED) is 0.378. The summed E-state index contributed by atoms with van der Waals surface area (Å²) >= 11 is 0. The molecule has 0 aromatic heterocycles. The van der Waals surface area contributed by atoms with Crippen LogP contribution in [0.25, 0.3) is 0 Å². The van der Waals surface area contributed by atoms with Crippen molar-refractivity contribution in [2.24, 2.45) is 5.92 Å². The lowest BCUT2D eigenvalue weighted by molar-refractivity contribution is -0.139. The number of hydrogen-bond acceptors (Lipinski definition) is 3. The molecule has 1 fully saturated rings. The van der Waals surface area contributed by atoms with Crippen molar-refractivity contribution >= 4 is 11.8 Å². The number of nitrogens with zero attached hydrogens (tertiary/aromatic N) is 1. The van der Waals surface area contributed by atoms with Gasteiger partial charge in [0.25, 0.3) is 0 Å². The highest BCUT2D eigenvalue weighted by molar-refractivity contribution is 6.35. The molecule has 1 aliphatic rings. The summed E-state index contributed by atoms with van der Waals surface area (Å²) < 4.78 is 0. The van der Waals surface area contributed by atoms with Gasteiger partial charge in [-0.15, -0.1) is 0 Å². The van der Waals surface area contributed by atoms with Crippen molar-refractivity contribution in [3.63, 3.8) is 0 Å². The zero-order valence-electron chi connectivity index (χ0n) is 8.58. The van der Waals surface area contributed by atoms with Gasteiger partial charge in [0.15, 0.2) is 0 Å². The van der Waals surface area contributed by atoms with E-state index in [9.17, 15) is 9.59 Å². The highest BCUT2D eigenvalue weighted by atomic mass is 16.2. The normalized spacial score (nSPS) is 14.1. The third-order valence-electron chi connectivity index (χ3n) is 2.31. The molecule has 0 bridgehead atoms. The second-order valence-electron chi connectivity index (χ2n) is 3.68. The third-order valence-corrected chi connectivity index (χ3v) is 2.31. The average Bonchev–Trinajstić information content (AvgIpc) is 3.04. The van der Waals surface area contributed by atoms with Gasteiger partial charge < -0.3 is 10.6 Å². The van der Waals surface area contributed by atoms with E-state index in [1.54, 1.807) is 6.07 Å². The molecule has 0 saturated heterocycles. The maximum atomic E-state index is 11.1. The first-order chi connectivity index (χ1) is 7.24. The smallest absolute Gasteiger partial charge is 0.310 e. The van der Waals surface area contributed by atoms with Crippen LogP contribution >= 0.6 is 0 Å². The summed E-state index contributed by atoms with van der Waals surface area (Å²) in [5.74, 6) is -0.543. The van der Waals surface area contributed by atoms with Crippen molar-refractivity contribution in [1.29, 1.82) is 5.26 Å². The van der Waals surface area contributed by atoms with Gasteiger partial charge >= 0.3 is 11.8 Å². The first-order valence-electron chi connectivity index (χ1n) is 5.17. The Morgan fingerprint density at radius 3 is 2.53 bits per heavy atom. The topological polar surface area (TPSA) is 82.0 Å². The van der Waals surface area contributed by atoms with Crippen LogP contribution in [0.1, 0.15) is 25.7 Å². The molecule has 0 unspecified atom stereocenters. The summed E-state index contributed by atoms with van der Waals surface area (Å²) in [5.41, 5.74) is 0. The largest absolute Gasteiger partial charge is 0.348 e. The van der Waals surface area contributed by atoms with E-state index >= 15 is 0 Å². The van der Waals surface area contributed by atoms with Gasteiger partial charge in [-0.05, 0) is 18.8 Å². The summed E-state index contributed by atoms with van der Waals surface area (Å²) in [6.45, 7) is 0.406. The van der Waals surface area contributed by atoms with E-state index in [1.165, 1.54) is 12.8 Å². The number of carbonyl (C=O) groups excluding carboxylic acids is 2. The maximum Gasteiger partial charge on any atom is 0.310 e. The van der Waals surface area contributed by atoms with Gasteiger partial charge in [-0.25, -0.2) is 0 Å². The lowest BCUT2D eigenvalue weighted by Crippen LogP contribution is -2.40. The third kappa shape index (κ3) is 5.01. The zero-order valence-corrected chi connectivity index (χ0v) is 8.58. The highest BCUT2D eigenvalue weighted by Crippen LogP contribution is 2.33. The standard InChI is InChI=1S/C10H15N3O2/c11-5-7-13-10(15)9(14)12-6-1-2-8-3-4-8/h8H,1-4,6-7H2,(H,12,14)(H,13,15). The lowest BCUT2D eigenvalue weighted by atomic mass is 10.2. The number of hydrogen-bond donors (Lipinski definition) is 2. The minimum absolute atomic E-state index is 0.131. The predicted octanol–water partition coefficient (Wildman–Crippen LogP) is -0.0674. The Labute approximate surface area is 88.8 Å². The average molecular weight is 209 g/mol. The van der Waals surface area contributed by atoms with Crippen molar-refractivity contribution in [3.8, 4) is 6.07 Å². The Morgan fingerprint density at radius 1 is 1.27 bits per heavy atom. The van der Waals surface area contributed by atoms with Crippen LogP contribution in [0, 0.1) is 17.2 Å². The molecule has 0 spiro atoms. The van der Waals surface area contributed by atoms with Crippen LogP contribution in [0.5, 0.6) is 0 Å². The highest BCUT2D eigenvalue weighted by Gasteiger charge is 2.20. The van der Waals surface area contributed by atoms with Crippen molar-refractivity contribution in [1.82, 2.24) is 10.6 Å². The van der Waals surface area contributed by atoms with Crippen LogP contribution in [0.2, 0.25) is 0 Å². The molecule has 0 aromatic carbocycles. The second kappa shape index (κ2) is 6.02. The van der Waals surface area contributed by atoms with Crippen LogP contribution in [-0.2, 0) is 9.59 Å². The molecule has 82 valence electrons. The van der Waals surface area contributed by atoms with Crippen LogP contribution in [0.15, 0.2) is 0 Å². The lowest BCUT2D eigenvalue weighted by Gasteiger charge is -2.03. The maximum absolute atomic E-state index is 11.1. The molecule has 0 heterocycles. The molecule has 0 radical (unpaired) electrons. The predicted molar refractivity (Wildman–Crippen MR) is 53.6 cm³/mol. The first-order valence-corrected chi connectivity index (χ1v) is 5.17. The molecule has 2 amide bonds. The molecular weight excluding hydrogens is 194 g/mol. The molecule has 1 aliphatic carbocycles. The molecule has 15 heavy (non-hydrogen) atoms. The monoisotopic (exact) mass is 209 g/mol. The SMILES string of the molecule is N#CCNC(=O)C(=O)NCCCC1CC1. The Kier molecular flexibility index (Phi) is 4.61. The van der Waals surface area contributed by atoms with Gasteiger partial charge in [0.1, 0.15) is 6.54 Å². The molecule has 1 saturated carbocycles. The summed E-state index contributed by atoms with van der Waals surface area (Å²) in [4.78, 5) is 22.0. The van der Waals surface area contributed by atoms with Gasteiger partial charge in [-0.2, -0.15) is 5.26 Å². The molecule has 1 rings (SSSR count). The summed E-state index contributed by atoms with van der Waals surface area (Å²) in [6.07, 6.45) is 4.65. The summed E-state index contributed by atoms with van der Waals surface area (Å²) in [7, 11) is 0. The Morgan fingerprint density at radius 2 is 1.93 bits per heavy atom. The Bertz CT molecular complexity index is 279. The van der Waals surface area contributed by atoms with Crippen molar-refractivity contribution in [2.45, 2.75) is 25.7 Å². The molecule has 5 nitrogen and oxygen atoms in total. The van der Waals surface area contributed by atoms with E-state index in [4.69, 9.17) is 5.26 Å². The molecule has 5 heteroatoms. The van der Waals surface area contributed by atoms with Gasteiger partial charge in [-0.1, -0.05) is 12.8 Å². The van der Waals surface area contributed by atoms with E-state index in [1.807, 2.05) is 0 Å². The number of rotatable bonds is 5.